The van der Waals surface area contributed by atoms with Crippen LogP contribution in [0.2, 0.25) is 5.02 Å². The summed E-state index contributed by atoms with van der Waals surface area (Å²) in [6, 6.07) is 8.40. The Morgan fingerprint density at radius 3 is 2.17 bits per heavy atom. The largest absolute Gasteiger partial charge is 0.303 e. The number of benzene rings is 1. The molecule has 1 heterocycles. The first-order chi connectivity index (χ1) is 8.47. The van der Waals surface area contributed by atoms with Crippen molar-refractivity contribution < 1.29 is 0 Å². The summed E-state index contributed by atoms with van der Waals surface area (Å²) >= 11 is 5.99. The number of likely N-dealkylation sites (tertiary alicyclic amines) is 1. The van der Waals surface area contributed by atoms with Crippen LogP contribution in [0.4, 0.5) is 0 Å². The molecular formula is C16H24ClN. The van der Waals surface area contributed by atoms with E-state index in [2.05, 4.69) is 37.8 Å². The molecule has 0 aliphatic carbocycles. The first kappa shape index (κ1) is 13.9. The van der Waals surface area contributed by atoms with Crippen LogP contribution in [0.15, 0.2) is 24.3 Å². The van der Waals surface area contributed by atoms with E-state index in [0.29, 0.717) is 5.92 Å². The molecule has 2 rings (SSSR count). The molecule has 0 amide bonds. The minimum Gasteiger partial charge on any atom is -0.303 e. The molecule has 18 heavy (non-hydrogen) atoms. The fourth-order valence-corrected chi connectivity index (χ4v) is 2.92. The summed E-state index contributed by atoms with van der Waals surface area (Å²) in [7, 11) is 0. The second kappa shape index (κ2) is 5.63. The van der Waals surface area contributed by atoms with E-state index in [9.17, 15) is 0 Å². The van der Waals surface area contributed by atoms with Gasteiger partial charge in [0, 0.05) is 17.5 Å². The van der Waals surface area contributed by atoms with Crippen molar-refractivity contribution in [1.82, 2.24) is 4.90 Å². The molecule has 0 spiro atoms. The highest BCUT2D eigenvalue weighted by atomic mass is 35.5. The zero-order valence-electron chi connectivity index (χ0n) is 11.7. The smallest absolute Gasteiger partial charge is 0.0406 e. The second-order valence-electron chi connectivity index (χ2n) is 6.48. The molecule has 1 atom stereocenters. The summed E-state index contributed by atoms with van der Waals surface area (Å²) in [5.74, 6) is 0.577. The average molecular weight is 266 g/mol. The van der Waals surface area contributed by atoms with E-state index < -0.39 is 0 Å². The highest BCUT2D eigenvalue weighted by molar-refractivity contribution is 6.30. The van der Waals surface area contributed by atoms with Crippen LogP contribution in [-0.2, 0) is 0 Å². The molecule has 0 aromatic heterocycles. The number of hydrogen-bond acceptors (Lipinski definition) is 1. The van der Waals surface area contributed by atoms with Crippen molar-refractivity contribution in [1.29, 1.82) is 0 Å². The minimum absolute atomic E-state index is 0.288. The molecule has 0 bridgehead atoms. The number of halogens is 1. The van der Waals surface area contributed by atoms with Gasteiger partial charge in [0.2, 0.25) is 0 Å². The number of nitrogens with zero attached hydrogens (tertiary/aromatic N) is 1. The Bertz CT molecular complexity index is 371. The predicted octanol–water partition coefficient (Wildman–Crippen LogP) is 4.57. The molecule has 1 aliphatic heterocycles. The normalized spacial score (nSPS) is 19.1. The Labute approximate surface area is 116 Å². The lowest BCUT2D eigenvalue weighted by atomic mass is 9.76. The summed E-state index contributed by atoms with van der Waals surface area (Å²) in [6.45, 7) is 10.7. The van der Waals surface area contributed by atoms with Crippen LogP contribution in [0, 0.1) is 5.41 Å². The fraction of sp³-hybridized carbons (Fsp3) is 0.625. The van der Waals surface area contributed by atoms with Gasteiger partial charge < -0.3 is 4.90 Å². The Balaban J connectivity index is 2.16. The van der Waals surface area contributed by atoms with Gasteiger partial charge in [0.05, 0.1) is 0 Å². The summed E-state index contributed by atoms with van der Waals surface area (Å²) in [6.07, 6.45) is 2.72. The molecule has 1 aromatic carbocycles. The Morgan fingerprint density at radius 2 is 1.67 bits per heavy atom. The van der Waals surface area contributed by atoms with E-state index in [1.807, 2.05) is 12.1 Å². The van der Waals surface area contributed by atoms with Crippen molar-refractivity contribution in [3.8, 4) is 0 Å². The molecule has 2 heteroatoms. The quantitative estimate of drug-likeness (QED) is 0.774. The molecule has 0 radical (unpaired) electrons. The maximum atomic E-state index is 5.99. The van der Waals surface area contributed by atoms with Crippen LogP contribution < -0.4 is 0 Å². The third-order valence-electron chi connectivity index (χ3n) is 3.96. The predicted molar refractivity (Wildman–Crippen MR) is 79.3 cm³/mol. The van der Waals surface area contributed by atoms with Gasteiger partial charge in [-0.3, -0.25) is 0 Å². The highest BCUT2D eigenvalue weighted by Gasteiger charge is 2.28. The number of rotatable bonds is 3. The molecule has 1 saturated heterocycles. The zero-order valence-corrected chi connectivity index (χ0v) is 12.5. The van der Waals surface area contributed by atoms with Crippen molar-refractivity contribution >= 4 is 11.6 Å². The van der Waals surface area contributed by atoms with Gasteiger partial charge in [-0.05, 0) is 49.0 Å². The lowest BCUT2D eigenvalue weighted by Gasteiger charge is -2.34. The van der Waals surface area contributed by atoms with E-state index in [0.717, 1.165) is 5.02 Å². The first-order valence-corrected chi connectivity index (χ1v) is 7.32. The second-order valence-corrected chi connectivity index (χ2v) is 6.91. The molecule has 1 nitrogen and oxygen atoms in total. The van der Waals surface area contributed by atoms with Gasteiger partial charge >= 0.3 is 0 Å². The summed E-state index contributed by atoms with van der Waals surface area (Å²) in [5, 5.41) is 0.826. The minimum atomic E-state index is 0.288. The van der Waals surface area contributed by atoms with Gasteiger partial charge in [-0.25, -0.2) is 0 Å². The van der Waals surface area contributed by atoms with E-state index in [-0.39, 0.29) is 5.41 Å². The number of hydrogen-bond donors (Lipinski definition) is 0. The molecule has 1 aliphatic rings. The molecule has 100 valence electrons. The zero-order chi connectivity index (χ0) is 13.2. The van der Waals surface area contributed by atoms with Crippen LogP contribution in [-0.4, -0.2) is 24.5 Å². The van der Waals surface area contributed by atoms with Crippen molar-refractivity contribution in [2.24, 2.45) is 5.41 Å². The first-order valence-electron chi connectivity index (χ1n) is 6.94. The van der Waals surface area contributed by atoms with Gasteiger partial charge in [-0.15, -0.1) is 0 Å². The maximum Gasteiger partial charge on any atom is 0.0406 e. The molecule has 0 N–H and O–H groups in total. The molecule has 1 aromatic rings. The van der Waals surface area contributed by atoms with Crippen molar-refractivity contribution in [2.75, 3.05) is 19.6 Å². The van der Waals surface area contributed by atoms with Crippen LogP contribution in [0.5, 0.6) is 0 Å². The average Bonchev–Trinajstić information content (AvgIpc) is 2.79. The monoisotopic (exact) mass is 265 g/mol. The topological polar surface area (TPSA) is 3.24 Å². The van der Waals surface area contributed by atoms with Crippen molar-refractivity contribution in [2.45, 2.75) is 39.5 Å². The maximum absolute atomic E-state index is 5.99. The van der Waals surface area contributed by atoms with Crippen LogP contribution >= 0.6 is 11.6 Å². The van der Waals surface area contributed by atoms with Crippen molar-refractivity contribution in [3.05, 3.63) is 34.9 Å². The summed E-state index contributed by atoms with van der Waals surface area (Å²) in [5.41, 5.74) is 1.70. The van der Waals surface area contributed by atoms with Gasteiger partial charge in [-0.2, -0.15) is 0 Å². The summed E-state index contributed by atoms with van der Waals surface area (Å²) < 4.78 is 0. The third kappa shape index (κ3) is 3.49. The molecular weight excluding hydrogens is 242 g/mol. The van der Waals surface area contributed by atoms with Crippen molar-refractivity contribution in [3.63, 3.8) is 0 Å². The van der Waals surface area contributed by atoms with Gasteiger partial charge in [0.15, 0.2) is 0 Å². The standard InChI is InChI=1S/C16H24ClN/c1-16(2,3)15(12-18-10-4-5-11-18)13-6-8-14(17)9-7-13/h6-9,15H,4-5,10-12H2,1-3H3. The lowest BCUT2D eigenvalue weighted by molar-refractivity contribution is 0.225. The fourth-order valence-electron chi connectivity index (χ4n) is 2.80. The Morgan fingerprint density at radius 1 is 1.11 bits per heavy atom. The molecule has 1 unspecified atom stereocenters. The van der Waals surface area contributed by atoms with Gasteiger partial charge in [-0.1, -0.05) is 44.5 Å². The van der Waals surface area contributed by atoms with E-state index in [1.54, 1.807) is 0 Å². The van der Waals surface area contributed by atoms with Crippen LogP contribution in [0.25, 0.3) is 0 Å². The lowest BCUT2D eigenvalue weighted by Crippen LogP contribution is -2.32. The van der Waals surface area contributed by atoms with E-state index >= 15 is 0 Å². The molecule has 1 fully saturated rings. The SMILES string of the molecule is CC(C)(C)C(CN1CCCC1)c1ccc(Cl)cc1. The van der Waals surface area contributed by atoms with Crippen LogP contribution in [0.3, 0.4) is 0 Å². The Kier molecular flexibility index (Phi) is 4.34. The third-order valence-corrected chi connectivity index (χ3v) is 4.21. The Hall–Kier alpha value is -0.530. The van der Waals surface area contributed by atoms with Gasteiger partial charge in [0.1, 0.15) is 0 Å². The van der Waals surface area contributed by atoms with Crippen LogP contribution in [0.1, 0.15) is 45.1 Å². The van der Waals surface area contributed by atoms with E-state index in [1.165, 1.54) is 38.0 Å². The van der Waals surface area contributed by atoms with E-state index in [4.69, 9.17) is 11.6 Å². The summed E-state index contributed by atoms with van der Waals surface area (Å²) in [4.78, 5) is 2.60. The highest BCUT2D eigenvalue weighted by Crippen LogP contribution is 2.36. The van der Waals surface area contributed by atoms with Gasteiger partial charge in [0.25, 0.3) is 0 Å². The molecule has 0 saturated carbocycles.